The fourth-order valence-corrected chi connectivity index (χ4v) is 2.76. The summed E-state index contributed by atoms with van der Waals surface area (Å²) in [6, 6.07) is 8.39. The largest absolute Gasteiger partial charge is 0.351 e. The fourth-order valence-electron chi connectivity index (χ4n) is 2.63. The molecule has 1 aliphatic rings. The lowest BCUT2D eigenvalue weighted by Gasteiger charge is -2.35. The van der Waals surface area contributed by atoms with Crippen LogP contribution in [-0.4, -0.2) is 42.5 Å². The predicted molar refractivity (Wildman–Crippen MR) is 81.8 cm³/mol. The number of hydrogen-bond acceptors (Lipinski definition) is 3. The van der Waals surface area contributed by atoms with Crippen molar-refractivity contribution in [1.29, 1.82) is 0 Å². The Kier molecular flexibility index (Phi) is 5.40. The average Bonchev–Trinajstić information content (AvgIpc) is 2.37. The molecule has 110 valence electrons. The molecule has 5 heteroatoms. The van der Waals surface area contributed by atoms with Crippen molar-refractivity contribution in [2.24, 2.45) is 0 Å². The van der Waals surface area contributed by atoms with Gasteiger partial charge in [-0.15, -0.1) is 0 Å². The van der Waals surface area contributed by atoms with Crippen LogP contribution in [0.15, 0.2) is 24.3 Å². The number of nitrogens with zero attached hydrogens (tertiary/aromatic N) is 1. The zero-order valence-corrected chi connectivity index (χ0v) is 12.8. The van der Waals surface area contributed by atoms with Gasteiger partial charge in [0.2, 0.25) is 5.91 Å². The van der Waals surface area contributed by atoms with Crippen molar-refractivity contribution in [2.45, 2.75) is 32.5 Å². The van der Waals surface area contributed by atoms with Gasteiger partial charge in [0.25, 0.3) is 0 Å². The van der Waals surface area contributed by atoms with E-state index < -0.39 is 0 Å². The van der Waals surface area contributed by atoms with Crippen LogP contribution >= 0.6 is 11.6 Å². The van der Waals surface area contributed by atoms with E-state index in [9.17, 15) is 4.79 Å². The molecule has 2 rings (SSSR count). The summed E-state index contributed by atoms with van der Waals surface area (Å²) in [5.41, 5.74) is 1.06. The summed E-state index contributed by atoms with van der Waals surface area (Å²) in [6.07, 6.45) is 0. The van der Waals surface area contributed by atoms with Crippen molar-refractivity contribution in [3.63, 3.8) is 0 Å². The second kappa shape index (κ2) is 7.07. The van der Waals surface area contributed by atoms with Crippen molar-refractivity contribution in [1.82, 2.24) is 15.5 Å². The Morgan fingerprint density at radius 3 is 2.50 bits per heavy atom. The van der Waals surface area contributed by atoms with Crippen LogP contribution in [0.1, 0.15) is 19.4 Å². The summed E-state index contributed by atoms with van der Waals surface area (Å²) in [5, 5.41) is 7.12. The molecule has 1 fully saturated rings. The van der Waals surface area contributed by atoms with E-state index in [2.05, 4.69) is 29.4 Å². The van der Waals surface area contributed by atoms with Gasteiger partial charge in [-0.2, -0.15) is 0 Å². The van der Waals surface area contributed by atoms with Crippen molar-refractivity contribution >= 4 is 17.5 Å². The molecule has 4 nitrogen and oxygen atoms in total. The van der Waals surface area contributed by atoms with Gasteiger partial charge < -0.3 is 10.6 Å². The first kappa shape index (κ1) is 15.3. The average molecular weight is 296 g/mol. The number of halogens is 1. The second-order valence-corrected chi connectivity index (χ2v) is 6.00. The van der Waals surface area contributed by atoms with Gasteiger partial charge in [-0.25, -0.2) is 0 Å². The van der Waals surface area contributed by atoms with Crippen molar-refractivity contribution in [3.05, 3.63) is 34.9 Å². The predicted octanol–water partition coefficient (Wildman–Crippen LogP) is 1.64. The Morgan fingerprint density at radius 2 is 1.90 bits per heavy atom. The van der Waals surface area contributed by atoms with Crippen LogP contribution in [0.25, 0.3) is 0 Å². The molecule has 0 bridgehead atoms. The third kappa shape index (κ3) is 4.78. The highest BCUT2D eigenvalue weighted by Gasteiger charge is 2.22. The van der Waals surface area contributed by atoms with Crippen LogP contribution < -0.4 is 10.6 Å². The van der Waals surface area contributed by atoms with E-state index in [0.29, 0.717) is 30.2 Å². The highest BCUT2D eigenvalue weighted by atomic mass is 35.5. The number of amides is 1. The quantitative estimate of drug-likeness (QED) is 0.887. The Bertz CT molecular complexity index is 439. The van der Waals surface area contributed by atoms with Gasteiger partial charge in [0.05, 0.1) is 6.54 Å². The first-order valence-electron chi connectivity index (χ1n) is 7.02. The standard InChI is InChI=1S/C15H22ClN3O/c1-11-8-19(9-12(2)18-11)10-15(20)17-7-13-3-5-14(16)6-4-13/h3-6,11-12,18H,7-10H2,1-2H3,(H,17,20). The lowest BCUT2D eigenvalue weighted by Crippen LogP contribution is -2.55. The summed E-state index contributed by atoms with van der Waals surface area (Å²) in [7, 11) is 0. The molecule has 0 saturated carbocycles. The minimum atomic E-state index is 0.0706. The van der Waals surface area contributed by atoms with Gasteiger partial charge in [0, 0.05) is 36.7 Å². The zero-order valence-electron chi connectivity index (χ0n) is 12.0. The van der Waals surface area contributed by atoms with Gasteiger partial charge >= 0.3 is 0 Å². The molecule has 20 heavy (non-hydrogen) atoms. The zero-order chi connectivity index (χ0) is 14.5. The normalized spacial score (nSPS) is 23.6. The van der Waals surface area contributed by atoms with Crippen LogP contribution in [0.2, 0.25) is 5.02 Å². The van der Waals surface area contributed by atoms with E-state index in [1.165, 1.54) is 0 Å². The maximum atomic E-state index is 12.0. The lowest BCUT2D eigenvalue weighted by atomic mass is 10.1. The van der Waals surface area contributed by atoms with Gasteiger partial charge in [-0.3, -0.25) is 9.69 Å². The van der Waals surface area contributed by atoms with Gasteiger partial charge in [-0.05, 0) is 31.5 Å². The molecule has 1 aliphatic heterocycles. The molecule has 2 atom stereocenters. The van der Waals surface area contributed by atoms with Crippen LogP contribution in [0.3, 0.4) is 0 Å². The fraction of sp³-hybridized carbons (Fsp3) is 0.533. The Balaban J connectivity index is 1.76. The van der Waals surface area contributed by atoms with Gasteiger partial charge in [0.15, 0.2) is 0 Å². The lowest BCUT2D eigenvalue weighted by molar-refractivity contribution is -0.122. The van der Waals surface area contributed by atoms with E-state index in [1.807, 2.05) is 24.3 Å². The number of carbonyl (C=O) groups excluding carboxylic acids is 1. The van der Waals surface area contributed by atoms with E-state index >= 15 is 0 Å². The number of piperazine rings is 1. The summed E-state index contributed by atoms with van der Waals surface area (Å²) in [5.74, 6) is 0.0706. The van der Waals surface area contributed by atoms with Crippen LogP contribution in [0.4, 0.5) is 0 Å². The first-order valence-corrected chi connectivity index (χ1v) is 7.40. The SMILES string of the molecule is CC1CN(CC(=O)NCc2ccc(Cl)cc2)CC(C)N1. The van der Waals surface area contributed by atoms with E-state index in [-0.39, 0.29) is 5.91 Å². The van der Waals surface area contributed by atoms with Crippen molar-refractivity contribution < 1.29 is 4.79 Å². The second-order valence-electron chi connectivity index (χ2n) is 5.57. The molecule has 1 aromatic carbocycles. The maximum Gasteiger partial charge on any atom is 0.234 e. The summed E-state index contributed by atoms with van der Waals surface area (Å²) >= 11 is 5.83. The minimum Gasteiger partial charge on any atom is -0.351 e. The number of carbonyl (C=O) groups is 1. The molecule has 2 N–H and O–H groups in total. The highest BCUT2D eigenvalue weighted by molar-refractivity contribution is 6.30. The smallest absolute Gasteiger partial charge is 0.234 e. The monoisotopic (exact) mass is 295 g/mol. The van der Waals surface area contributed by atoms with E-state index in [0.717, 1.165) is 18.7 Å². The van der Waals surface area contributed by atoms with Crippen molar-refractivity contribution in [3.8, 4) is 0 Å². The van der Waals surface area contributed by atoms with E-state index in [4.69, 9.17) is 11.6 Å². The maximum absolute atomic E-state index is 12.0. The van der Waals surface area contributed by atoms with Gasteiger partial charge in [-0.1, -0.05) is 23.7 Å². The third-order valence-electron chi connectivity index (χ3n) is 3.40. The molecule has 0 aromatic heterocycles. The summed E-state index contributed by atoms with van der Waals surface area (Å²) < 4.78 is 0. The summed E-state index contributed by atoms with van der Waals surface area (Å²) in [4.78, 5) is 14.2. The molecule has 1 amide bonds. The molecular weight excluding hydrogens is 274 g/mol. The number of hydrogen-bond donors (Lipinski definition) is 2. The van der Waals surface area contributed by atoms with Crippen molar-refractivity contribution in [2.75, 3.05) is 19.6 Å². The third-order valence-corrected chi connectivity index (χ3v) is 3.66. The van der Waals surface area contributed by atoms with Crippen LogP contribution in [0, 0.1) is 0 Å². The molecule has 0 spiro atoms. The topological polar surface area (TPSA) is 44.4 Å². The molecule has 1 aromatic rings. The van der Waals surface area contributed by atoms with Gasteiger partial charge in [0.1, 0.15) is 0 Å². The highest BCUT2D eigenvalue weighted by Crippen LogP contribution is 2.09. The molecule has 1 heterocycles. The molecule has 1 saturated heterocycles. The Labute approximate surface area is 125 Å². The Hall–Kier alpha value is -1.10. The number of nitrogens with one attached hydrogen (secondary N) is 2. The minimum absolute atomic E-state index is 0.0706. The Morgan fingerprint density at radius 1 is 1.30 bits per heavy atom. The summed E-state index contributed by atoms with van der Waals surface area (Å²) in [6.45, 7) is 7.14. The number of rotatable bonds is 4. The van der Waals surface area contributed by atoms with Crippen LogP contribution in [0.5, 0.6) is 0 Å². The molecule has 0 aliphatic carbocycles. The first-order chi connectivity index (χ1) is 9.52. The molecular formula is C15H22ClN3O. The number of benzene rings is 1. The molecule has 0 radical (unpaired) electrons. The van der Waals surface area contributed by atoms with Crippen LogP contribution in [-0.2, 0) is 11.3 Å². The molecule has 2 unspecified atom stereocenters. The van der Waals surface area contributed by atoms with E-state index in [1.54, 1.807) is 0 Å².